The molecular weight excluding hydrogens is 160 g/mol. The zero-order valence-corrected chi connectivity index (χ0v) is 7.60. The minimum atomic E-state index is 0.294. The van der Waals surface area contributed by atoms with Gasteiger partial charge in [-0.05, 0) is 30.3 Å². The van der Waals surface area contributed by atoms with Crippen LogP contribution in [0.1, 0.15) is 6.42 Å². The lowest BCUT2D eigenvalue weighted by atomic mass is 9.84. The summed E-state index contributed by atoms with van der Waals surface area (Å²) in [6, 6.07) is 0. The highest BCUT2D eigenvalue weighted by atomic mass is 16.5. The third-order valence-corrected chi connectivity index (χ3v) is 3.74. The van der Waals surface area contributed by atoms with E-state index in [1.807, 2.05) is 0 Å². The maximum atomic E-state index is 5.51. The molecule has 3 aliphatic carbocycles. The molecule has 3 aliphatic rings. The summed E-state index contributed by atoms with van der Waals surface area (Å²) in [7, 11) is 0. The molecule has 0 aromatic carbocycles. The van der Waals surface area contributed by atoms with Crippen molar-refractivity contribution in [2.75, 3.05) is 0 Å². The van der Waals surface area contributed by atoms with Gasteiger partial charge in [-0.1, -0.05) is 24.8 Å². The Hall–Kier alpha value is -0.980. The Bertz CT molecular complexity index is 289. The largest absolute Gasteiger partial charge is 0.494 e. The first kappa shape index (κ1) is 7.43. The summed E-state index contributed by atoms with van der Waals surface area (Å²) >= 11 is 0. The first-order valence-electron chi connectivity index (χ1n) is 5.03. The molecule has 0 radical (unpaired) electrons. The molecule has 0 unspecified atom stereocenters. The number of fused-ring (bicyclic) bond motifs is 5. The van der Waals surface area contributed by atoms with Crippen LogP contribution in [-0.4, -0.2) is 6.10 Å². The number of allylic oxidation sites excluding steroid dienone is 3. The molecule has 0 heterocycles. The summed E-state index contributed by atoms with van der Waals surface area (Å²) in [6.07, 6.45) is 12.5. The zero-order chi connectivity index (χ0) is 8.84. The van der Waals surface area contributed by atoms with Gasteiger partial charge in [0.15, 0.2) is 0 Å². The molecule has 0 aromatic heterocycles. The van der Waals surface area contributed by atoms with Crippen molar-refractivity contribution in [3.05, 3.63) is 37.1 Å². The topological polar surface area (TPSA) is 9.23 Å². The molecule has 0 spiro atoms. The van der Waals surface area contributed by atoms with Crippen LogP contribution in [0.5, 0.6) is 0 Å². The van der Waals surface area contributed by atoms with Crippen LogP contribution in [0.25, 0.3) is 0 Å². The van der Waals surface area contributed by atoms with Crippen molar-refractivity contribution in [2.24, 2.45) is 23.7 Å². The summed E-state index contributed by atoms with van der Waals surface area (Å²) in [5.74, 6) is 3.01. The van der Waals surface area contributed by atoms with Gasteiger partial charge >= 0.3 is 0 Å². The average molecular weight is 174 g/mol. The maximum Gasteiger partial charge on any atom is 0.120 e. The van der Waals surface area contributed by atoms with Crippen molar-refractivity contribution < 1.29 is 4.74 Å². The van der Waals surface area contributed by atoms with Gasteiger partial charge in [0.05, 0.1) is 6.26 Å². The number of ether oxygens (including phenoxy) is 1. The van der Waals surface area contributed by atoms with Crippen molar-refractivity contribution in [3.8, 4) is 0 Å². The van der Waals surface area contributed by atoms with E-state index in [4.69, 9.17) is 4.74 Å². The smallest absolute Gasteiger partial charge is 0.120 e. The second-order valence-corrected chi connectivity index (χ2v) is 4.26. The van der Waals surface area contributed by atoms with E-state index in [1.54, 1.807) is 6.26 Å². The summed E-state index contributed by atoms with van der Waals surface area (Å²) in [5.41, 5.74) is 0. The van der Waals surface area contributed by atoms with Crippen LogP contribution in [0, 0.1) is 23.7 Å². The molecule has 1 nitrogen and oxygen atoms in total. The van der Waals surface area contributed by atoms with Gasteiger partial charge in [-0.2, -0.15) is 0 Å². The van der Waals surface area contributed by atoms with Crippen LogP contribution in [-0.2, 0) is 4.74 Å². The quantitative estimate of drug-likeness (QED) is 0.461. The van der Waals surface area contributed by atoms with Gasteiger partial charge < -0.3 is 4.74 Å². The molecule has 1 fully saturated rings. The van der Waals surface area contributed by atoms with E-state index in [0.717, 1.165) is 17.8 Å². The molecular formula is C12H14O. The normalized spacial score (nSPS) is 49.7. The van der Waals surface area contributed by atoms with Crippen molar-refractivity contribution in [1.82, 2.24) is 0 Å². The highest BCUT2D eigenvalue weighted by Gasteiger charge is 2.49. The van der Waals surface area contributed by atoms with E-state index in [-0.39, 0.29) is 0 Å². The fraction of sp³-hybridized carbons (Fsp3) is 0.500. The Morgan fingerprint density at radius 3 is 2.85 bits per heavy atom. The van der Waals surface area contributed by atoms with Crippen LogP contribution in [0.3, 0.4) is 0 Å². The highest BCUT2D eigenvalue weighted by molar-refractivity contribution is 5.25. The minimum absolute atomic E-state index is 0.294. The molecule has 0 amide bonds. The van der Waals surface area contributed by atoms with E-state index in [2.05, 4.69) is 30.9 Å². The van der Waals surface area contributed by atoms with Gasteiger partial charge in [0.25, 0.3) is 0 Å². The van der Waals surface area contributed by atoms with Gasteiger partial charge in [-0.3, -0.25) is 0 Å². The van der Waals surface area contributed by atoms with Gasteiger partial charge in [0.1, 0.15) is 6.10 Å². The second kappa shape index (κ2) is 2.50. The van der Waals surface area contributed by atoms with Crippen molar-refractivity contribution >= 4 is 0 Å². The fourth-order valence-electron chi connectivity index (χ4n) is 3.25. The highest BCUT2D eigenvalue weighted by Crippen LogP contribution is 2.53. The molecule has 68 valence electrons. The lowest BCUT2D eigenvalue weighted by molar-refractivity contribution is 0.110. The van der Waals surface area contributed by atoms with Gasteiger partial charge in [0.2, 0.25) is 0 Å². The van der Waals surface area contributed by atoms with Crippen LogP contribution in [0.4, 0.5) is 0 Å². The lowest BCUT2D eigenvalue weighted by Gasteiger charge is -2.25. The number of hydrogen-bond acceptors (Lipinski definition) is 1. The van der Waals surface area contributed by atoms with E-state index in [1.165, 1.54) is 6.42 Å². The van der Waals surface area contributed by atoms with Crippen LogP contribution in [0.2, 0.25) is 0 Å². The summed E-state index contributed by atoms with van der Waals surface area (Å²) in [4.78, 5) is 0. The summed E-state index contributed by atoms with van der Waals surface area (Å²) in [6.45, 7) is 3.63. The Balaban J connectivity index is 1.87. The maximum absolute atomic E-state index is 5.51. The van der Waals surface area contributed by atoms with Crippen molar-refractivity contribution in [2.45, 2.75) is 12.5 Å². The molecule has 13 heavy (non-hydrogen) atoms. The fourth-order valence-corrected chi connectivity index (χ4v) is 3.25. The van der Waals surface area contributed by atoms with Crippen molar-refractivity contribution in [3.63, 3.8) is 0 Å². The van der Waals surface area contributed by atoms with E-state index in [0.29, 0.717) is 12.0 Å². The van der Waals surface area contributed by atoms with Crippen molar-refractivity contribution in [1.29, 1.82) is 0 Å². The molecule has 0 aliphatic heterocycles. The number of hydrogen-bond donors (Lipinski definition) is 0. The predicted molar refractivity (Wildman–Crippen MR) is 51.9 cm³/mol. The van der Waals surface area contributed by atoms with E-state index >= 15 is 0 Å². The summed E-state index contributed by atoms with van der Waals surface area (Å²) in [5, 5.41) is 0. The predicted octanol–water partition coefficient (Wildman–Crippen LogP) is 2.52. The Labute approximate surface area is 78.8 Å². The third-order valence-electron chi connectivity index (χ3n) is 3.74. The molecule has 0 saturated heterocycles. The van der Waals surface area contributed by atoms with E-state index in [9.17, 15) is 0 Å². The first-order chi connectivity index (χ1) is 6.40. The van der Waals surface area contributed by atoms with E-state index < -0.39 is 0 Å². The van der Waals surface area contributed by atoms with Crippen LogP contribution in [0.15, 0.2) is 37.1 Å². The average Bonchev–Trinajstić information content (AvgIpc) is 2.74. The molecule has 0 N–H and O–H groups in total. The SMILES string of the molecule is C=CO[C@@H]1C=C[C@@H]2[C@H]1[C@@H]1C=C[C@H]2C1. The molecule has 5 atom stereocenters. The third kappa shape index (κ3) is 0.874. The Morgan fingerprint density at radius 2 is 2.00 bits per heavy atom. The molecule has 1 heteroatoms. The molecule has 3 rings (SSSR count). The van der Waals surface area contributed by atoms with Gasteiger partial charge in [-0.15, -0.1) is 0 Å². The Kier molecular flexibility index (Phi) is 1.43. The van der Waals surface area contributed by atoms with Gasteiger partial charge in [0, 0.05) is 5.92 Å². The zero-order valence-electron chi connectivity index (χ0n) is 7.60. The summed E-state index contributed by atoms with van der Waals surface area (Å²) < 4.78 is 5.51. The minimum Gasteiger partial charge on any atom is -0.494 e. The molecule has 0 aromatic rings. The lowest BCUT2D eigenvalue weighted by Crippen LogP contribution is -2.25. The second-order valence-electron chi connectivity index (χ2n) is 4.26. The standard InChI is InChI=1S/C12H14O/c1-2-13-11-6-5-10-8-3-4-9(7-8)12(10)11/h2-6,8-12H,1,7H2/t8-,9+,10-,11+,12+/m0/s1. The monoisotopic (exact) mass is 174 g/mol. The van der Waals surface area contributed by atoms with Crippen LogP contribution >= 0.6 is 0 Å². The number of rotatable bonds is 2. The Morgan fingerprint density at radius 1 is 1.15 bits per heavy atom. The van der Waals surface area contributed by atoms with Crippen LogP contribution < -0.4 is 0 Å². The molecule has 2 bridgehead atoms. The molecule has 1 saturated carbocycles. The first-order valence-corrected chi connectivity index (χ1v) is 5.03. The van der Waals surface area contributed by atoms with Gasteiger partial charge in [-0.25, -0.2) is 0 Å².